The minimum Gasteiger partial charge on any atom is -0.468 e. The second-order valence-corrected chi connectivity index (χ2v) is 8.03. The number of hydrogen-bond donors (Lipinski definition) is 0. The Balaban J connectivity index is 1.71. The van der Waals surface area contributed by atoms with E-state index in [4.69, 9.17) is 18.9 Å². The summed E-state index contributed by atoms with van der Waals surface area (Å²) < 4.78 is 23.2. The number of halogens is 1. The number of methoxy groups -OCH3 is 1. The van der Waals surface area contributed by atoms with Gasteiger partial charge in [0.2, 0.25) is 0 Å². The van der Waals surface area contributed by atoms with Crippen LogP contribution in [0.15, 0.2) is 30.3 Å². The molecule has 2 aliphatic rings. The van der Waals surface area contributed by atoms with E-state index < -0.39 is 17.6 Å². The minimum atomic E-state index is -0.941. The van der Waals surface area contributed by atoms with E-state index in [0.717, 1.165) is 9.99 Å². The molecular formula is C20H26INO6. The predicted octanol–water partition coefficient (Wildman–Crippen LogP) is 2.80. The van der Waals surface area contributed by atoms with Crippen molar-refractivity contribution in [1.82, 2.24) is 4.90 Å². The zero-order valence-corrected chi connectivity index (χ0v) is 18.1. The molecule has 154 valence electrons. The van der Waals surface area contributed by atoms with Gasteiger partial charge in [-0.2, -0.15) is 0 Å². The highest BCUT2D eigenvalue weighted by Crippen LogP contribution is 2.39. The van der Waals surface area contributed by atoms with E-state index >= 15 is 0 Å². The van der Waals surface area contributed by atoms with Crippen LogP contribution in [0, 0.1) is 5.41 Å². The van der Waals surface area contributed by atoms with Crippen LogP contribution in [0.3, 0.4) is 0 Å². The van der Waals surface area contributed by atoms with Crippen molar-refractivity contribution in [1.29, 1.82) is 0 Å². The number of likely N-dealkylation sites (tertiary alicyclic amines) is 1. The summed E-state index contributed by atoms with van der Waals surface area (Å²) in [5.41, 5.74) is -0.0236. The molecule has 2 aliphatic heterocycles. The topological polar surface area (TPSA) is 74.3 Å². The molecule has 28 heavy (non-hydrogen) atoms. The summed E-state index contributed by atoms with van der Waals surface area (Å²) >= 11 is 2.24. The van der Waals surface area contributed by atoms with Crippen LogP contribution in [0.1, 0.15) is 18.4 Å². The highest BCUT2D eigenvalue weighted by atomic mass is 127. The third-order valence-corrected chi connectivity index (χ3v) is 6.28. The number of ether oxygens (including phenoxy) is 4. The van der Waals surface area contributed by atoms with Gasteiger partial charge in [0.15, 0.2) is 0 Å². The quantitative estimate of drug-likeness (QED) is 0.350. The van der Waals surface area contributed by atoms with Gasteiger partial charge < -0.3 is 23.8 Å². The van der Waals surface area contributed by atoms with Crippen molar-refractivity contribution in [2.75, 3.05) is 37.8 Å². The van der Waals surface area contributed by atoms with Gasteiger partial charge in [-0.15, -0.1) is 0 Å². The van der Waals surface area contributed by atoms with E-state index in [1.165, 1.54) is 7.11 Å². The summed E-state index contributed by atoms with van der Waals surface area (Å²) in [5.74, 6) is -0.365. The molecule has 7 nitrogen and oxygen atoms in total. The molecule has 0 aromatic heterocycles. The Bertz CT molecular complexity index is 672. The fraction of sp³-hybridized carbons (Fsp3) is 0.600. The Morgan fingerprint density at radius 3 is 2.79 bits per heavy atom. The maximum Gasteiger partial charge on any atom is 0.410 e. The molecular weight excluding hydrogens is 477 g/mol. The van der Waals surface area contributed by atoms with Gasteiger partial charge in [0.25, 0.3) is 0 Å². The Morgan fingerprint density at radius 1 is 1.29 bits per heavy atom. The summed E-state index contributed by atoms with van der Waals surface area (Å²) in [6.07, 6.45) is 0.313. The van der Waals surface area contributed by atoms with Gasteiger partial charge in [0.05, 0.1) is 32.5 Å². The van der Waals surface area contributed by atoms with Crippen molar-refractivity contribution < 1.29 is 28.5 Å². The molecule has 1 aromatic carbocycles. The van der Waals surface area contributed by atoms with Crippen molar-refractivity contribution in [3.8, 4) is 0 Å². The second-order valence-electron chi connectivity index (χ2n) is 7.15. The number of alkyl halides is 1. The van der Waals surface area contributed by atoms with Gasteiger partial charge in [-0.3, -0.25) is 4.79 Å². The summed E-state index contributed by atoms with van der Waals surface area (Å²) in [4.78, 5) is 27.0. The molecule has 3 unspecified atom stereocenters. The summed E-state index contributed by atoms with van der Waals surface area (Å²) in [6.45, 7) is 1.76. The van der Waals surface area contributed by atoms with Crippen molar-refractivity contribution in [2.24, 2.45) is 5.41 Å². The smallest absolute Gasteiger partial charge is 0.410 e. The molecule has 8 heteroatoms. The normalized spacial score (nSPS) is 27.9. The SMILES string of the molecule is COC(=O)C1(C2COCC(CI)O2)CCCN(C(=O)OCc2ccccc2)C1. The molecule has 0 aliphatic carbocycles. The first kappa shape index (κ1) is 21.3. The Kier molecular flexibility index (Phi) is 7.53. The number of hydrogen-bond acceptors (Lipinski definition) is 6. The lowest BCUT2D eigenvalue weighted by Crippen LogP contribution is -2.60. The van der Waals surface area contributed by atoms with Gasteiger partial charge in [-0.25, -0.2) is 4.79 Å². The fourth-order valence-corrected chi connectivity index (χ4v) is 4.26. The average molecular weight is 503 g/mol. The van der Waals surface area contributed by atoms with Crippen LogP contribution >= 0.6 is 22.6 Å². The first-order valence-corrected chi connectivity index (χ1v) is 10.9. The number of carbonyl (C=O) groups is 2. The Labute approximate surface area is 178 Å². The first-order valence-electron chi connectivity index (χ1n) is 9.42. The van der Waals surface area contributed by atoms with Crippen molar-refractivity contribution in [2.45, 2.75) is 31.7 Å². The van der Waals surface area contributed by atoms with Crippen molar-refractivity contribution in [3.63, 3.8) is 0 Å². The number of piperidine rings is 1. The standard InChI is InChI=1S/C20H26INO6/c1-25-18(23)20(17-13-26-12-16(10-21)28-17)8-5-9-22(14-20)19(24)27-11-15-6-3-2-4-7-15/h2-4,6-7,16-17H,5,8-14H2,1H3. The molecule has 0 saturated carbocycles. The van der Waals surface area contributed by atoms with E-state index in [0.29, 0.717) is 32.6 Å². The monoisotopic (exact) mass is 503 g/mol. The summed E-state index contributed by atoms with van der Waals surface area (Å²) in [6, 6.07) is 9.52. The van der Waals surface area contributed by atoms with E-state index in [1.807, 2.05) is 30.3 Å². The molecule has 0 spiro atoms. The van der Waals surface area contributed by atoms with Gasteiger partial charge in [-0.05, 0) is 18.4 Å². The minimum absolute atomic E-state index is 0.0683. The molecule has 0 N–H and O–H groups in total. The number of esters is 1. The molecule has 0 bridgehead atoms. The molecule has 2 heterocycles. The molecule has 3 rings (SSSR count). The average Bonchev–Trinajstić information content (AvgIpc) is 2.77. The largest absolute Gasteiger partial charge is 0.468 e. The van der Waals surface area contributed by atoms with Crippen LogP contribution < -0.4 is 0 Å². The molecule has 2 saturated heterocycles. The molecule has 3 atom stereocenters. The Hall–Kier alpha value is -1.39. The van der Waals surface area contributed by atoms with Crippen LogP contribution in [0.2, 0.25) is 0 Å². The van der Waals surface area contributed by atoms with E-state index in [1.54, 1.807) is 4.90 Å². The van der Waals surface area contributed by atoms with E-state index in [9.17, 15) is 9.59 Å². The molecule has 0 radical (unpaired) electrons. The summed E-state index contributed by atoms with van der Waals surface area (Å²) in [7, 11) is 1.37. The lowest BCUT2D eigenvalue weighted by molar-refractivity contribution is -0.201. The lowest BCUT2D eigenvalue weighted by atomic mass is 9.74. The predicted molar refractivity (Wildman–Crippen MR) is 110 cm³/mol. The molecule has 2 fully saturated rings. The van der Waals surface area contributed by atoms with Crippen LogP contribution in [-0.4, -0.2) is 67.0 Å². The fourth-order valence-electron chi connectivity index (χ4n) is 3.80. The zero-order chi connectivity index (χ0) is 20.0. The van der Waals surface area contributed by atoms with Crippen molar-refractivity contribution in [3.05, 3.63) is 35.9 Å². The van der Waals surface area contributed by atoms with Crippen LogP contribution in [0.25, 0.3) is 0 Å². The van der Waals surface area contributed by atoms with Gasteiger partial charge in [0, 0.05) is 17.5 Å². The Morgan fingerprint density at radius 2 is 2.07 bits per heavy atom. The van der Waals surface area contributed by atoms with E-state index in [-0.39, 0.29) is 25.2 Å². The third kappa shape index (κ3) is 4.77. The zero-order valence-electron chi connectivity index (χ0n) is 16.0. The summed E-state index contributed by atoms with van der Waals surface area (Å²) in [5, 5.41) is 0. The maximum atomic E-state index is 12.8. The highest BCUT2D eigenvalue weighted by molar-refractivity contribution is 14.1. The van der Waals surface area contributed by atoms with Gasteiger partial charge in [-0.1, -0.05) is 52.9 Å². The van der Waals surface area contributed by atoms with Gasteiger partial charge >= 0.3 is 12.1 Å². The lowest BCUT2D eigenvalue weighted by Gasteiger charge is -2.46. The second kappa shape index (κ2) is 9.89. The number of amides is 1. The highest BCUT2D eigenvalue weighted by Gasteiger charge is 2.53. The maximum absolute atomic E-state index is 12.8. The van der Waals surface area contributed by atoms with Crippen molar-refractivity contribution >= 4 is 34.7 Å². The molecule has 1 amide bonds. The van der Waals surface area contributed by atoms with Crippen LogP contribution in [0.5, 0.6) is 0 Å². The number of benzene rings is 1. The van der Waals surface area contributed by atoms with E-state index in [2.05, 4.69) is 22.6 Å². The van der Waals surface area contributed by atoms with Crippen LogP contribution in [0.4, 0.5) is 4.79 Å². The molecule has 1 aromatic rings. The first-order chi connectivity index (χ1) is 13.6. The number of nitrogens with zero attached hydrogens (tertiary/aromatic N) is 1. The van der Waals surface area contributed by atoms with Gasteiger partial charge in [0.1, 0.15) is 12.0 Å². The number of carbonyl (C=O) groups excluding carboxylic acids is 2. The van der Waals surface area contributed by atoms with Crippen LogP contribution in [-0.2, 0) is 30.3 Å². The third-order valence-electron chi connectivity index (χ3n) is 5.30. The number of rotatable bonds is 5.